The second kappa shape index (κ2) is 7.83. The van der Waals surface area contributed by atoms with Gasteiger partial charge in [0.1, 0.15) is 6.04 Å². The molecular formula is C19H23F2N3O4. The highest BCUT2D eigenvalue weighted by atomic mass is 19.3. The Bertz CT molecular complexity index is 786. The van der Waals surface area contributed by atoms with Crippen molar-refractivity contribution in [2.75, 3.05) is 31.6 Å². The average Bonchev–Trinajstić information content (AvgIpc) is 2.60. The number of carbonyl (C=O) groups excluding carboxylic acids is 2. The fraction of sp³-hybridized carbons (Fsp3) is 0.526. The number of alkyl halides is 2. The van der Waals surface area contributed by atoms with Gasteiger partial charge in [0.15, 0.2) is 0 Å². The summed E-state index contributed by atoms with van der Waals surface area (Å²) in [6.45, 7) is -0.725. The number of aliphatic carboxylic acids is 1. The van der Waals surface area contributed by atoms with E-state index in [1.807, 2.05) is 0 Å². The Kier molecular flexibility index (Phi) is 5.64. The summed E-state index contributed by atoms with van der Waals surface area (Å²) in [5, 5.41) is 11.1. The lowest BCUT2D eigenvalue weighted by atomic mass is 9.86. The predicted molar refractivity (Wildman–Crippen MR) is 97.4 cm³/mol. The van der Waals surface area contributed by atoms with Gasteiger partial charge in [-0.1, -0.05) is 12.1 Å². The molecule has 7 nitrogen and oxygen atoms in total. The van der Waals surface area contributed by atoms with E-state index >= 15 is 0 Å². The van der Waals surface area contributed by atoms with Crippen molar-refractivity contribution in [1.82, 2.24) is 10.2 Å². The first kappa shape index (κ1) is 20.2. The smallest absolute Gasteiger partial charge is 0.317 e. The molecule has 1 aromatic carbocycles. The van der Waals surface area contributed by atoms with E-state index in [2.05, 4.69) is 5.32 Å². The molecule has 2 heterocycles. The molecule has 0 aromatic heterocycles. The normalized spacial score (nSPS) is 25.2. The molecule has 0 spiro atoms. The molecule has 2 aliphatic heterocycles. The van der Waals surface area contributed by atoms with Gasteiger partial charge in [0, 0.05) is 19.2 Å². The van der Waals surface area contributed by atoms with Crippen molar-refractivity contribution in [2.45, 2.75) is 37.1 Å². The first-order valence-electron chi connectivity index (χ1n) is 9.16. The lowest BCUT2D eigenvalue weighted by Gasteiger charge is -2.38. The average molecular weight is 395 g/mol. The fourth-order valence-electron chi connectivity index (χ4n) is 3.94. The lowest BCUT2D eigenvalue weighted by molar-refractivity contribution is -0.142. The van der Waals surface area contributed by atoms with Crippen molar-refractivity contribution in [2.24, 2.45) is 0 Å². The Morgan fingerprint density at radius 2 is 2.11 bits per heavy atom. The van der Waals surface area contributed by atoms with Crippen molar-refractivity contribution >= 4 is 23.5 Å². The molecule has 0 saturated carbocycles. The van der Waals surface area contributed by atoms with Crippen LogP contribution in [0.3, 0.4) is 0 Å². The van der Waals surface area contributed by atoms with Crippen LogP contribution in [0.15, 0.2) is 24.3 Å². The Morgan fingerprint density at radius 1 is 1.36 bits per heavy atom. The highest BCUT2D eigenvalue weighted by Crippen LogP contribution is 2.41. The Morgan fingerprint density at radius 3 is 2.75 bits per heavy atom. The zero-order valence-corrected chi connectivity index (χ0v) is 15.5. The van der Waals surface area contributed by atoms with E-state index in [4.69, 9.17) is 5.11 Å². The minimum atomic E-state index is -3.06. The topological polar surface area (TPSA) is 89.9 Å². The summed E-state index contributed by atoms with van der Waals surface area (Å²) in [5.41, 5.74) is 1.08. The molecule has 2 N–H and O–H groups in total. The third-order valence-electron chi connectivity index (χ3n) is 5.39. The summed E-state index contributed by atoms with van der Waals surface area (Å²) < 4.78 is 29.4. The number of halogens is 2. The number of nitrogens with zero attached hydrogens (tertiary/aromatic N) is 2. The number of nitrogens with one attached hydrogen (secondary N) is 1. The van der Waals surface area contributed by atoms with Gasteiger partial charge in [0.2, 0.25) is 11.8 Å². The molecule has 3 rings (SSSR count). The van der Waals surface area contributed by atoms with E-state index in [1.54, 1.807) is 36.2 Å². The maximum Gasteiger partial charge on any atom is 0.317 e. The Labute approximate surface area is 161 Å². The number of piperidine rings is 2. The van der Waals surface area contributed by atoms with Crippen LogP contribution < -0.4 is 10.2 Å². The van der Waals surface area contributed by atoms with E-state index < -0.39 is 42.8 Å². The molecule has 2 atom stereocenters. The maximum atomic E-state index is 14.7. The van der Waals surface area contributed by atoms with Crippen LogP contribution in [0.2, 0.25) is 0 Å². The molecule has 2 unspecified atom stereocenters. The lowest BCUT2D eigenvalue weighted by Crippen LogP contribution is -2.51. The number of hydrogen-bond donors (Lipinski definition) is 2. The number of benzene rings is 1. The predicted octanol–water partition coefficient (Wildman–Crippen LogP) is 1.44. The molecule has 28 heavy (non-hydrogen) atoms. The van der Waals surface area contributed by atoms with E-state index in [9.17, 15) is 23.2 Å². The highest BCUT2D eigenvalue weighted by molar-refractivity contribution is 6.01. The molecule has 0 radical (unpaired) electrons. The molecule has 152 valence electrons. The van der Waals surface area contributed by atoms with Crippen LogP contribution in [0.5, 0.6) is 0 Å². The van der Waals surface area contributed by atoms with E-state index in [0.717, 1.165) is 0 Å². The van der Waals surface area contributed by atoms with E-state index in [1.165, 1.54) is 4.90 Å². The van der Waals surface area contributed by atoms with Gasteiger partial charge in [-0.3, -0.25) is 24.6 Å². The number of amides is 2. The minimum Gasteiger partial charge on any atom is -0.480 e. The molecule has 0 aliphatic carbocycles. The van der Waals surface area contributed by atoms with Gasteiger partial charge < -0.3 is 10.0 Å². The molecule has 0 bridgehead atoms. The molecule has 2 aliphatic rings. The zero-order valence-electron chi connectivity index (χ0n) is 15.5. The van der Waals surface area contributed by atoms with Crippen molar-refractivity contribution < 1.29 is 28.3 Å². The van der Waals surface area contributed by atoms with Gasteiger partial charge in [-0.2, -0.15) is 0 Å². The quantitative estimate of drug-likeness (QED) is 0.734. The van der Waals surface area contributed by atoms with Gasteiger partial charge in [-0.05, 0) is 37.1 Å². The van der Waals surface area contributed by atoms with Crippen molar-refractivity contribution in [3.63, 3.8) is 0 Å². The highest BCUT2D eigenvalue weighted by Gasteiger charge is 2.45. The van der Waals surface area contributed by atoms with E-state index in [-0.39, 0.29) is 25.3 Å². The second-order valence-corrected chi connectivity index (χ2v) is 7.38. The minimum absolute atomic E-state index is 0.145. The second-order valence-electron chi connectivity index (χ2n) is 7.38. The summed E-state index contributed by atoms with van der Waals surface area (Å²) in [4.78, 5) is 37.2. The Hall–Kier alpha value is -2.55. The van der Waals surface area contributed by atoms with Crippen molar-refractivity contribution in [3.05, 3.63) is 29.8 Å². The molecule has 1 aromatic rings. The molecular weight excluding hydrogens is 372 g/mol. The number of anilines is 1. The van der Waals surface area contributed by atoms with Crippen LogP contribution in [-0.4, -0.2) is 66.4 Å². The van der Waals surface area contributed by atoms with Gasteiger partial charge in [-0.25, -0.2) is 8.78 Å². The van der Waals surface area contributed by atoms with Crippen LogP contribution in [0.4, 0.5) is 14.5 Å². The number of carbonyl (C=O) groups is 3. The van der Waals surface area contributed by atoms with Crippen molar-refractivity contribution in [3.8, 4) is 0 Å². The standard InChI is InChI=1S/C19H23F2N3O4/c1-23(15-5-6-16(25)22-18(15)28)13-4-2-3-12(9-13)14-7-8-24(10-17(26)27)11-19(14,20)21/h2-4,9,14-15H,5-8,10-11H2,1H3,(H,26,27)(H,22,25,28). The van der Waals surface area contributed by atoms with Crippen LogP contribution >= 0.6 is 0 Å². The number of rotatable bonds is 5. The number of likely N-dealkylation sites (tertiary alicyclic amines) is 1. The summed E-state index contributed by atoms with van der Waals surface area (Å²) in [5.74, 6) is -5.90. The monoisotopic (exact) mass is 395 g/mol. The van der Waals surface area contributed by atoms with Crippen molar-refractivity contribution in [1.29, 1.82) is 0 Å². The first-order valence-corrected chi connectivity index (χ1v) is 9.16. The summed E-state index contributed by atoms with van der Waals surface area (Å²) in [6.07, 6.45) is 0.752. The zero-order chi connectivity index (χ0) is 20.5. The largest absolute Gasteiger partial charge is 0.480 e. The molecule has 2 amide bonds. The number of carboxylic acid groups (broad SMARTS) is 1. The fourth-order valence-corrected chi connectivity index (χ4v) is 3.94. The SMILES string of the molecule is CN(c1cccc(C2CCN(CC(=O)O)CC2(F)F)c1)C1CCC(=O)NC1=O. The van der Waals surface area contributed by atoms with Gasteiger partial charge in [0.25, 0.3) is 5.92 Å². The van der Waals surface area contributed by atoms with Crippen LogP contribution in [0, 0.1) is 0 Å². The number of likely N-dealkylation sites (N-methyl/N-ethyl adjacent to an activating group) is 1. The van der Waals surface area contributed by atoms with Gasteiger partial charge in [0.05, 0.1) is 19.0 Å². The first-order chi connectivity index (χ1) is 13.2. The number of hydrogen-bond acceptors (Lipinski definition) is 5. The van der Waals surface area contributed by atoms with E-state index in [0.29, 0.717) is 17.7 Å². The van der Waals surface area contributed by atoms with Crippen LogP contribution in [0.25, 0.3) is 0 Å². The van der Waals surface area contributed by atoms with Gasteiger partial charge >= 0.3 is 5.97 Å². The Balaban J connectivity index is 1.77. The molecule has 2 fully saturated rings. The third kappa shape index (κ3) is 4.30. The summed E-state index contributed by atoms with van der Waals surface area (Å²) in [7, 11) is 1.70. The maximum absolute atomic E-state index is 14.7. The van der Waals surface area contributed by atoms with Crippen LogP contribution in [-0.2, 0) is 14.4 Å². The summed E-state index contributed by atoms with van der Waals surface area (Å²) in [6, 6.07) is 6.16. The summed E-state index contributed by atoms with van der Waals surface area (Å²) >= 11 is 0. The third-order valence-corrected chi connectivity index (χ3v) is 5.39. The number of imide groups is 1. The number of carboxylic acids is 1. The molecule has 9 heteroatoms. The van der Waals surface area contributed by atoms with Gasteiger partial charge in [-0.15, -0.1) is 0 Å². The molecule has 2 saturated heterocycles. The van der Waals surface area contributed by atoms with Crippen LogP contribution in [0.1, 0.15) is 30.7 Å².